The van der Waals surface area contributed by atoms with Gasteiger partial charge in [0.1, 0.15) is 19.3 Å². The van der Waals surface area contributed by atoms with Crippen LogP contribution in [0, 0.1) is 11.8 Å². The Hall–Kier alpha value is -1.94. The molecule has 0 amide bonds. The first-order valence-electron chi connectivity index (χ1n) is 43.5. The van der Waals surface area contributed by atoms with E-state index in [2.05, 4.69) is 41.5 Å². The molecule has 0 spiro atoms. The minimum Gasteiger partial charge on any atom is -0.462 e. The largest absolute Gasteiger partial charge is 0.472 e. The van der Waals surface area contributed by atoms with E-state index in [1.807, 2.05) is 0 Å². The normalized spacial score (nSPS) is 13.9. The molecule has 2 unspecified atom stereocenters. The van der Waals surface area contributed by atoms with Gasteiger partial charge in [-0.1, -0.05) is 395 Å². The predicted octanol–water partition coefficient (Wildman–Crippen LogP) is 25.5. The van der Waals surface area contributed by atoms with Crippen molar-refractivity contribution in [3.8, 4) is 0 Å². The van der Waals surface area contributed by atoms with Gasteiger partial charge in [0.05, 0.1) is 26.4 Å². The van der Waals surface area contributed by atoms with E-state index >= 15 is 0 Å². The number of carbonyl (C=O) groups is 4. The summed E-state index contributed by atoms with van der Waals surface area (Å²) in [6, 6.07) is 0. The number of esters is 4. The zero-order chi connectivity index (χ0) is 75.6. The van der Waals surface area contributed by atoms with Crippen LogP contribution in [0.15, 0.2) is 0 Å². The lowest BCUT2D eigenvalue weighted by Crippen LogP contribution is -2.30. The van der Waals surface area contributed by atoms with E-state index in [1.165, 1.54) is 263 Å². The smallest absolute Gasteiger partial charge is 0.462 e. The maximum Gasteiger partial charge on any atom is 0.472 e. The molecular formula is C84H164O17P2. The summed E-state index contributed by atoms with van der Waals surface area (Å²) in [5.41, 5.74) is 0. The summed E-state index contributed by atoms with van der Waals surface area (Å²) in [5.74, 6) is -0.532. The predicted molar refractivity (Wildman–Crippen MR) is 423 cm³/mol. The van der Waals surface area contributed by atoms with Crippen LogP contribution in [-0.4, -0.2) is 96.7 Å². The molecule has 5 atom stereocenters. The molecule has 0 aliphatic rings. The van der Waals surface area contributed by atoms with Crippen molar-refractivity contribution in [2.24, 2.45) is 11.8 Å². The van der Waals surface area contributed by atoms with Gasteiger partial charge in [0, 0.05) is 25.7 Å². The second-order valence-electron chi connectivity index (χ2n) is 31.2. The van der Waals surface area contributed by atoms with Gasteiger partial charge in [-0.3, -0.25) is 37.3 Å². The standard InChI is InChI=1S/C84H164O17P2/c1-7-9-11-13-15-17-19-20-21-22-26-29-32-36-43-49-55-61-67-82(87)95-73-79(100-83(88)68-62-56-50-44-37-33-30-27-24-23-25-28-31-35-40-46-52-58-64-76(3)4)74-98-102(90,91)96-70-78(85)71-97-103(92,93)99-75-80(72-94-81(86)66-60-54-48-42-34-18-16-14-12-10-8-2)101-84(89)69-63-57-51-45-39-38-41-47-53-59-65-77(5)6/h76-80,85H,7-75H2,1-6H3,(H,90,91)(H,92,93)/t78-,79-,80-/m1/s1. The molecule has 0 radical (unpaired) electrons. The van der Waals surface area contributed by atoms with Gasteiger partial charge in [-0.2, -0.15) is 0 Å². The van der Waals surface area contributed by atoms with Gasteiger partial charge >= 0.3 is 39.5 Å². The third kappa shape index (κ3) is 78.0. The number of phosphoric ester groups is 2. The number of unbranched alkanes of at least 4 members (excludes halogenated alkanes) is 53. The van der Waals surface area contributed by atoms with E-state index in [1.54, 1.807) is 0 Å². The van der Waals surface area contributed by atoms with Crippen LogP contribution >= 0.6 is 15.6 Å². The van der Waals surface area contributed by atoms with Crippen molar-refractivity contribution in [1.29, 1.82) is 0 Å². The van der Waals surface area contributed by atoms with Crippen molar-refractivity contribution in [3.05, 3.63) is 0 Å². The first-order chi connectivity index (χ1) is 49.9. The minimum atomic E-state index is -4.96. The second-order valence-corrected chi connectivity index (χ2v) is 34.1. The molecule has 0 fully saturated rings. The molecule has 0 heterocycles. The number of ether oxygens (including phenoxy) is 4. The van der Waals surface area contributed by atoms with Gasteiger partial charge in [0.25, 0.3) is 0 Å². The maximum absolute atomic E-state index is 13.1. The number of aliphatic hydroxyl groups is 1. The molecule has 0 aromatic carbocycles. The third-order valence-corrected chi connectivity index (χ3v) is 21.6. The number of rotatable bonds is 83. The summed E-state index contributed by atoms with van der Waals surface area (Å²) in [5, 5.41) is 10.7. The Morgan fingerprint density at radius 3 is 0.660 bits per heavy atom. The number of phosphoric acid groups is 2. The molecule has 0 aromatic rings. The SMILES string of the molecule is CCCCCCCCCCCCCCCCCCCCC(=O)OC[C@H](COP(=O)(O)OC[C@@H](O)COP(=O)(O)OC[C@@H](COC(=O)CCCCCCCCCCCCC)OC(=O)CCCCCCCCCCCCC(C)C)OC(=O)CCCCCCCCCCCCCCCCCCCCC(C)C. The van der Waals surface area contributed by atoms with Crippen LogP contribution in [0.2, 0.25) is 0 Å². The highest BCUT2D eigenvalue weighted by molar-refractivity contribution is 7.47. The highest BCUT2D eigenvalue weighted by Gasteiger charge is 2.30. The van der Waals surface area contributed by atoms with E-state index in [0.717, 1.165) is 102 Å². The summed E-state index contributed by atoms with van der Waals surface area (Å²) in [6.45, 7) is 9.68. The van der Waals surface area contributed by atoms with Crippen LogP contribution < -0.4 is 0 Å². The molecule has 3 N–H and O–H groups in total. The summed E-state index contributed by atoms with van der Waals surface area (Å²) < 4.78 is 68.8. The van der Waals surface area contributed by atoms with Crippen LogP contribution in [0.5, 0.6) is 0 Å². The van der Waals surface area contributed by atoms with Crippen LogP contribution in [0.4, 0.5) is 0 Å². The first kappa shape index (κ1) is 101. The lowest BCUT2D eigenvalue weighted by molar-refractivity contribution is -0.161. The van der Waals surface area contributed by atoms with E-state index < -0.39 is 97.5 Å². The fourth-order valence-corrected chi connectivity index (χ4v) is 14.6. The maximum atomic E-state index is 13.1. The molecule has 0 bridgehead atoms. The van der Waals surface area contributed by atoms with Gasteiger partial charge in [0.15, 0.2) is 12.2 Å². The molecule has 0 rings (SSSR count). The third-order valence-electron chi connectivity index (χ3n) is 19.7. The fraction of sp³-hybridized carbons (Fsp3) is 0.952. The van der Waals surface area contributed by atoms with Crippen molar-refractivity contribution in [3.63, 3.8) is 0 Å². The summed E-state index contributed by atoms with van der Waals surface area (Å²) in [4.78, 5) is 73.1. The average Bonchev–Trinajstić information content (AvgIpc) is 0.915. The van der Waals surface area contributed by atoms with Crippen LogP contribution in [0.25, 0.3) is 0 Å². The van der Waals surface area contributed by atoms with E-state index in [9.17, 15) is 43.2 Å². The fourth-order valence-electron chi connectivity index (χ4n) is 13.1. The van der Waals surface area contributed by atoms with Crippen LogP contribution in [0.1, 0.15) is 446 Å². The number of aliphatic hydroxyl groups excluding tert-OH is 1. The van der Waals surface area contributed by atoms with Crippen molar-refractivity contribution >= 4 is 39.5 Å². The Morgan fingerprint density at radius 1 is 0.262 bits per heavy atom. The molecule has 103 heavy (non-hydrogen) atoms. The topological polar surface area (TPSA) is 237 Å². The Kier molecular flexibility index (Phi) is 74.1. The first-order valence-corrected chi connectivity index (χ1v) is 46.5. The molecule has 19 heteroatoms. The average molecular weight is 1510 g/mol. The highest BCUT2D eigenvalue weighted by atomic mass is 31.2. The lowest BCUT2D eigenvalue weighted by Gasteiger charge is -2.21. The van der Waals surface area contributed by atoms with Gasteiger partial charge in [0.2, 0.25) is 0 Å². The lowest BCUT2D eigenvalue weighted by atomic mass is 10.0. The molecule has 612 valence electrons. The molecule has 0 saturated carbocycles. The van der Waals surface area contributed by atoms with Crippen molar-refractivity contribution in [2.75, 3.05) is 39.6 Å². The van der Waals surface area contributed by atoms with Gasteiger partial charge in [-0.25, -0.2) is 9.13 Å². The second kappa shape index (κ2) is 75.5. The summed E-state index contributed by atoms with van der Waals surface area (Å²) in [6.07, 6.45) is 66.6. The zero-order valence-electron chi connectivity index (χ0n) is 67.6. The Labute approximate surface area is 632 Å². The number of hydrogen-bond donors (Lipinski definition) is 3. The van der Waals surface area contributed by atoms with E-state index in [0.29, 0.717) is 25.7 Å². The van der Waals surface area contributed by atoms with E-state index in [4.69, 9.17) is 37.0 Å². The molecular weight excluding hydrogens is 1340 g/mol. The van der Waals surface area contributed by atoms with E-state index in [-0.39, 0.29) is 25.7 Å². The molecule has 0 aliphatic heterocycles. The number of carbonyl (C=O) groups excluding carboxylic acids is 4. The van der Waals surface area contributed by atoms with Crippen molar-refractivity contribution in [2.45, 2.75) is 464 Å². The van der Waals surface area contributed by atoms with Crippen molar-refractivity contribution in [1.82, 2.24) is 0 Å². The molecule has 17 nitrogen and oxygen atoms in total. The Bertz CT molecular complexity index is 1980. The Morgan fingerprint density at radius 2 is 0.447 bits per heavy atom. The Balaban J connectivity index is 5.23. The quantitative estimate of drug-likeness (QED) is 0.0222. The minimum absolute atomic E-state index is 0.106. The van der Waals surface area contributed by atoms with Crippen LogP contribution in [-0.2, 0) is 65.4 Å². The molecule has 0 saturated heterocycles. The van der Waals surface area contributed by atoms with Gasteiger partial charge < -0.3 is 33.8 Å². The van der Waals surface area contributed by atoms with Crippen LogP contribution in [0.3, 0.4) is 0 Å². The van der Waals surface area contributed by atoms with Crippen molar-refractivity contribution < 1.29 is 80.2 Å². The molecule has 0 aliphatic carbocycles. The summed E-state index contributed by atoms with van der Waals surface area (Å²) in [7, 11) is -9.92. The summed E-state index contributed by atoms with van der Waals surface area (Å²) >= 11 is 0. The van der Waals surface area contributed by atoms with Gasteiger partial charge in [-0.15, -0.1) is 0 Å². The highest BCUT2D eigenvalue weighted by Crippen LogP contribution is 2.45. The zero-order valence-corrected chi connectivity index (χ0v) is 69.4. The number of hydrogen-bond acceptors (Lipinski definition) is 15. The van der Waals surface area contributed by atoms with Gasteiger partial charge in [-0.05, 0) is 37.5 Å². The monoisotopic (exact) mass is 1510 g/mol. The molecule has 0 aromatic heterocycles.